The van der Waals surface area contributed by atoms with E-state index in [-0.39, 0.29) is 18.0 Å². The van der Waals surface area contributed by atoms with E-state index in [1.165, 1.54) is 4.57 Å². The summed E-state index contributed by atoms with van der Waals surface area (Å²) in [6.07, 6.45) is 1.54. The normalized spacial score (nSPS) is 11.3. The lowest BCUT2D eigenvalue weighted by Gasteiger charge is -2.14. The van der Waals surface area contributed by atoms with Gasteiger partial charge < -0.3 is 9.84 Å². The molecular weight excluding hydrogens is 400 g/mol. The molecule has 150 valence electrons. The van der Waals surface area contributed by atoms with E-state index in [9.17, 15) is 9.90 Å². The number of halogens is 1. The van der Waals surface area contributed by atoms with Crippen LogP contribution in [0.2, 0.25) is 5.02 Å². The monoisotopic (exact) mass is 418 g/mol. The Morgan fingerprint density at radius 3 is 2.37 bits per heavy atom. The molecule has 1 heterocycles. The standard InChI is InChI=1S/C24H19ClN2O3/c1-30-17-12-10-16(11-13-17)15-27-23(28)19-7-3-2-6-18(19)20(24(27)29)14-26-22-9-5-4-8-21(22)25/h2-14,29H,15H2,1H3. The maximum atomic E-state index is 13.1. The molecule has 4 aromatic rings. The van der Waals surface area contributed by atoms with Crippen molar-refractivity contribution in [1.29, 1.82) is 0 Å². The largest absolute Gasteiger partial charge is 0.497 e. The fourth-order valence-electron chi connectivity index (χ4n) is 3.29. The number of nitrogens with zero attached hydrogens (tertiary/aromatic N) is 2. The lowest BCUT2D eigenvalue weighted by Crippen LogP contribution is -2.22. The molecular formula is C24H19ClN2O3. The van der Waals surface area contributed by atoms with E-state index in [1.54, 1.807) is 43.7 Å². The first-order chi connectivity index (χ1) is 14.6. The van der Waals surface area contributed by atoms with Crippen LogP contribution in [0.1, 0.15) is 11.1 Å². The first-order valence-corrected chi connectivity index (χ1v) is 9.72. The molecule has 5 nitrogen and oxygen atoms in total. The van der Waals surface area contributed by atoms with Gasteiger partial charge in [-0.05, 0) is 35.9 Å². The van der Waals surface area contributed by atoms with Crippen molar-refractivity contribution in [3.63, 3.8) is 0 Å². The third-order valence-electron chi connectivity index (χ3n) is 4.87. The van der Waals surface area contributed by atoms with Gasteiger partial charge in [-0.3, -0.25) is 14.4 Å². The fraction of sp³-hybridized carbons (Fsp3) is 0.0833. The number of aromatic nitrogens is 1. The fourth-order valence-corrected chi connectivity index (χ4v) is 3.47. The molecule has 0 unspecified atom stereocenters. The summed E-state index contributed by atoms with van der Waals surface area (Å²) in [5, 5.41) is 12.6. The summed E-state index contributed by atoms with van der Waals surface area (Å²) < 4.78 is 6.53. The summed E-state index contributed by atoms with van der Waals surface area (Å²) in [4.78, 5) is 17.5. The Balaban J connectivity index is 1.85. The molecule has 0 aliphatic rings. The molecule has 0 saturated carbocycles. The van der Waals surface area contributed by atoms with Crippen LogP contribution < -0.4 is 10.3 Å². The number of hydrogen-bond acceptors (Lipinski definition) is 4. The van der Waals surface area contributed by atoms with E-state index in [2.05, 4.69) is 4.99 Å². The predicted octanol–water partition coefficient (Wildman–Crippen LogP) is 5.17. The molecule has 0 radical (unpaired) electrons. The number of pyridine rings is 1. The zero-order chi connectivity index (χ0) is 21.1. The van der Waals surface area contributed by atoms with Crippen LogP contribution in [-0.2, 0) is 6.54 Å². The minimum absolute atomic E-state index is 0.148. The van der Waals surface area contributed by atoms with Crippen LogP contribution in [0.3, 0.4) is 0 Å². The summed E-state index contributed by atoms with van der Waals surface area (Å²) in [5.41, 5.74) is 1.63. The minimum atomic E-state index is -0.270. The molecule has 1 aromatic heterocycles. The molecule has 0 amide bonds. The number of fused-ring (bicyclic) bond motifs is 1. The van der Waals surface area contributed by atoms with E-state index in [4.69, 9.17) is 16.3 Å². The van der Waals surface area contributed by atoms with Gasteiger partial charge in [-0.1, -0.05) is 54.1 Å². The average Bonchev–Trinajstić information content (AvgIpc) is 2.78. The molecule has 3 aromatic carbocycles. The molecule has 4 rings (SSSR count). The highest BCUT2D eigenvalue weighted by atomic mass is 35.5. The third kappa shape index (κ3) is 3.80. The van der Waals surface area contributed by atoms with Gasteiger partial charge in [-0.25, -0.2) is 0 Å². The number of aliphatic imine (C=N–C) groups is 1. The zero-order valence-electron chi connectivity index (χ0n) is 16.2. The van der Waals surface area contributed by atoms with E-state index < -0.39 is 0 Å². The highest BCUT2D eigenvalue weighted by Gasteiger charge is 2.15. The Labute approximate surface area is 178 Å². The molecule has 0 atom stereocenters. The Morgan fingerprint density at radius 2 is 1.67 bits per heavy atom. The molecule has 0 aliphatic heterocycles. The molecule has 0 spiro atoms. The zero-order valence-corrected chi connectivity index (χ0v) is 17.0. The first-order valence-electron chi connectivity index (χ1n) is 9.34. The summed E-state index contributed by atoms with van der Waals surface area (Å²) >= 11 is 6.20. The van der Waals surface area contributed by atoms with Crippen LogP contribution >= 0.6 is 11.6 Å². The minimum Gasteiger partial charge on any atom is -0.497 e. The van der Waals surface area contributed by atoms with Crippen molar-refractivity contribution in [3.05, 3.63) is 99.3 Å². The highest BCUT2D eigenvalue weighted by molar-refractivity contribution is 6.33. The van der Waals surface area contributed by atoms with Gasteiger partial charge in [0.15, 0.2) is 0 Å². The Hall–Kier alpha value is -3.57. The van der Waals surface area contributed by atoms with Gasteiger partial charge in [0.25, 0.3) is 5.56 Å². The van der Waals surface area contributed by atoms with Crippen molar-refractivity contribution < 1.29 is 9.84 Å². The van der Waals surface area contributed by atoms with Crippen LogP contribution in [0.5, 0.6) is 11.6 Å². The number of methoxy groups -OCH3 is 1. The average molecular weight is 419 g/mol. The molecule has 0 fully saturated rings. The molecule has 0 bridgehead atoms. The van der Waals surface area contributed by atoms with E-state index >= 15 is 0 Å². The van der Waals surface area contributed by atoms with E-state index in [1.807, 2.05) is 42.5 Å². The molecule has 1 N–H and O–H groups in total. The Morgan fingerprint density at radius 1 is 1.00 bits per heavy atom. The van der Waals surface area contributed by atoms with Crippen molar-refractivity contribution in [3.8, 4) is 11.6 Å². The summed E-state index contributed by atoms with van der Waals surface area (Å²) in [7, 11) is 1.60. The highest BCUT2D eigenvalue weighted by Crippen LogP contribution is 2.27. The van der Waals surface area contributed by atoms with Gasteiger partial charge in [0, 0.05) is 17.0 Å². The summed E-state index contributed by atoms with van der Waals surface area (Å²) in [6, 6.07) is 21.7. The van der Waals surface area contributed by atoms with E-state index in [0.29, 0.717) is 27.0 Å². The molecule has 0 saturated heterocycles. The van der Waals surface area contributed by atoms with Crippen molar-refractivity contribution in [2.24, 2.45) is 4.99 Å². The van der Waals surface area contributed by atoms with Crippen LogP contribution in [0, 0.1) is 0 Å². The number of benzene rings is 3. The van der Waals surface area contributed by atoms with Gasteiger partial charge in [0.2, 0.25) is 5.88 Å². The van der Waals surface area contributed by atoms with Crippen molar-refractivity contribution in [1.82, 2.24) is 4.57 Å². The second-order valence-corrected chi connectivity index (χ2v) is 7.14. The second kappa shape index (κ2) is 8.43. The van der Waals surface area contributed by atoms with Crippen LogP contribution in [0.25, 0.3) is 10.8 Å². The van der Waals surface area contributed by atoms with Crippen LogP contribution in [0.15, 0.2) is 82.6 Å². The number of para-hydroxylation sites is 1. The number of aromatic hydroxyl groups is 1. The lowest BCUT2D eigenvalue weighted by atomic mass is 10.1. The topological polar surface area (TPSA) is 63.8 Å². The number of ether oxygens (including phenoxy) is 1. The van der Waals surface area contributed by atoms with Crippen molar-refractivity contribution >= 4 is 34.3 Å². The molecule has 30 heavy (non-hydrogen) atoms. The Bertz CT molecular complexity index is 1290. The van der Waals surface area contributed by atoms with Crippen molar-refractivity contribution in [2.45, 2.75) is 6.54 Å². The Kier molecular flexibility index (Phi) is 5.55. The summed E-state index contributed by atoms with van der Waals surface area (Å²) in [6.45, 7) is 0.215. The summed E-state index contributed by atoms with van der Waals surface area (Å²) in [5.74, 6) is 0.576. The smallest absolute Gasteiger partial charge is 0.261 e. The maximum absolute atomic E-state index is 13.1. The first kappa shape index (κ1) is 19.7. The maximum Gasteiger partial charge on any atom is 0.261 e. The van der Waals surface area contributed by atoms with Crippen LogP contribution in [0.4, 0.5) is 5.69 Å². The molecule has 6 heteroatoms. The second-order valence-electron chi connectivity index (χ2n) is 6.73. The van der Waals surface area contributed by atoms with Gasteiger partial charge in [-0.15, -0.1) is 0 Å². The van der Waals surface area contributed by atoms with Gasteiger partial charge in [-0.2, -0.15) is 0 Å². The van der Waals surface area contributed by atoms with Gasteiger partial charge >= 0.3 is 0 Å². The third-order valence-corrected chi connectivity index (χ3v) is 5.19. The van der Waals surface area contributed by atoms with Gasteiger partial charge in [0.1, 0.15) is 5.75 Å². The van der Waals surface area contributed by atoms with Crippen molar-refractivity contribution in [2.75, 3.05) is 7.11 Å². The number of hydrogen-bond donors (Lipinski definition) is 1. The SMILES string of the molecule is COc1ccc(Cn2c(O)c(C=Nc3ccccc3Cl)c3ccccc3c2=O)cc1. The lowest BCUT2D eigenvalue weighted by molar-refractivity contribution is 0.412. The van der Waals surface area contributed by atoms with Gasteiger partial charge in [0.05, 0.1) is 29.9 Å². The molecule has 0 aliphatic carbocycles. The predicted molar refractivity (Wildman–Crippen MR) is 121 cm³/mol. The van der Waals surface area contributed by atoms with E-state index in [0.717, 1.165) is 11.3 Å². The number of rotatable bonds is 5. The quantitative estimate of drug-likeness (QED) is 0.455. The van der Waals surface area contributed by atoms with Crippen LogP contribution in [-0.4, -0.2) is 23.0 Å².